The molecule has 9 heteroatoms. The van der Waals surface area contributed by atoms with Gasteiger partial charge in [0.25, 0.3) is 15.9 Å². The van der Waals surface area contributed by atoms with Crippen LogP contribution < -0.4 is 4.31 Å². The number of carbonyl (C=O) groups is 1. The van der Waals surface area contributed by atoms with Crippen LogP contribution >= 0.6 is 0 Å². The maximum absolute atomic E-state index is 13.1. The van der Waals surface area contributed by atoms with E-state index >= 15 is 0 Å². The van der Waals surface area contributed by atoms with Gasteiger partial charge in [-0.3, -0.25) is 4.31 Å². The van der Waals surface area contributed by atoms with E-state index in [1.165, 1.54) is 22.5 Å². The van der Waals surface area contributed by atoms with Crippen LogP contribution in [0, 0.1) is 0 Å². The van der Waals surface area contributed by atoms with Gasteiger partial charge in [0, 0.05) is 18.5 Å². The Morgan fingerprint density at radius 1 is 1.19 bits per heavy atom. The summed E-state index contributed by atoms with van der Waals surface area (Å²) < 4.78 is 37.7. The van der Waals surface area contributed by atoms with E-state index in [9.17, 15) is 13.2 Å². The Balaban J connectivity index is 1.38. The Kier molecular flexibility index (Phi) is 6.09. The summed E-state index contributed by atoms with van der Waals surface area (Å²) in [6.45, 7) is 4.18. The van der Waals surface area contributed by atoms with Gasteiger partial charge >= 0.3 is 5.97 Å². The first-order valence-corrected chi connectivity index (χ1v) is 11.7. The van der Waals surface area contributed by atoms with Crippen molar-refractivity contribution in [2.24, 2.45) is 0 Å². The molecule has 2 heterocycles. The summed E-state index contributed by atoms with van der Waals surface area (Å²) >= 11 is 0. The van der Waals surface area contributed by atoms with Gasteiger partial charge in [-0.05, 0) is 41.8 Å². The molecule has 1 aliphatic rings. The normalized spacial score (nSPS) is 13.7. The zero-order valence-corrected chi connectivity index (χ0v) is 18.6. The minimum Gasteiger partial charge on any atom is -0.452 e. The van der Waals surface area contributed by atoms with Crippen molar-refractivity contribution in [3.05, 3.63) is 77.4 Å². The molecule has 0 unspecified atom stereocenters. The fraction of sp³-hybridized carbons (Fsp3) is 0.261. The largest absolute Gasteiger partial charge is 0.452 e. The van der Waals surface area contributed by atoms with Gasteiger partial charge < -0.3 is 9.26 Å². The standard InChI is InChI=1S/C23H23N3O5S/c1-16(2)23-24-21(31-25-23)15-30-22(27)12-9-17-7-10-19(11-8-17)32(28,29)26-14-13-18-5-3-4-6-20(18)26/h3-12,16H,13-15H2,1-2H3/b12-9+. The lowest BCUT2D eigenvalue weighted by Gasteiger charge is -2.19. The number of sulfonamides is 1. The molecule has 166 valence electrons. The summed E-state index contributed by atoms with van der Waals surface area (Å²) in [5, 5.41) is 3.81. The van der Waals surface area contributed by atoms with Gasteiger partial charge in [-0.25, -0.2) is 13.2 Å². The van der Waals surface area contributed by atoms with E-state index in [-0.39, 0.29) is 23.3 Å². The molecule has 32 heavy (non-hydrogen) atoms. The summed E-state index contributed by atoms with van der Waals surface area (Å²) in [4.78, 5) is 16.3. The highest BCUT2D eigenvalue weighted by Crippen LogP contribution is 2.32. The van der Waals surface area contributed by atoms with Crippen LogP contribution in [0.1, 0.15) is 42.6 Å². The molecule has 3 aromatic rings. The second-order valence-corrected chi connectivity index (χ2v) is 9.53. The predicted molar refractivity (Wildman–Crippen MR) is 118 cm³/mol. The number of hydrogen-bond acceptors (Lipinski definition) is 7. The van der Waals surface area contributed by atoms with E-state index in [4.69, 9.17) is 9.26 Å². The summed E-state index contributed by atoms with van der Waals surface area (Å²) in [7, 11) is -3.65. The summed E-state index contributed by atoms with van der Waals surface area (Å²) in [6, 6.07) is 13.9. The molecule has 0 bridgehead atoms. The van der Waals surface area contributed by atoms with Crippen LogP contribution in [0.4, 0.5) is 5.69 Å². The molecule has 0 saturated carbocycles. The molecular formula is C23H23N3O5S. The summed E-state index contributed by atoms with van der Waals surface area (Å²) in [5.41, 5.74) is 2.42. The number of anilines is 1. The van der Waals surface area contributed by atoms with Crippen LogP contribution in [0.15, 0.2) is 64.0 Å². The second kappa shape index (κ2) is 8.96. The second-order valence-electron chi connectivity index (χ2n) is 7.67. The Morgan fingerprint density at radius 2 is 1.94 bits per heavy atom. The molecule has 0 aliphatic carbocycles. The van der Waals surface area contributed by atoms with Gasteiger partial charge in [-0.2, -0.15) is 4.98 Å². The van der Waals surface area contributed by atoms with Crippen molar-refractivity contribution in [2.45, 2.75) is 37.7 Å². The Morgan fingerprint density at radius 3 is 2.66 bits per heavy atom. The maximum atomic E-state index is 13.1. The molecule has 0 saturated heterocycles. The molecule has 8 nitrogen and oxygen atoms in total. The third kappa shape index (κ3) is 4.57. The number of carbonyl (C=O) groups excluding carboxylic acids is 1. The first-order valence-electron chi connectivity index (χ1n) is 10.2. The summed E-state index contributed by atoms with van der Waals surface area (Å²) in [5.74, 6) is 0.335. The quantitative estimate of drug-likeness (QED) is 0.397. The van der Waals surface area contributed by atoms with Crippen molar-refractivity contribution >= 4 is 27.8 Å². The molecule has 0 spiro atoms. The molecule has 4 rings (SSSR count). The number of benzene rings is 2. The fourth-order valence-corrected chi connectivity index (χ4v) is 4.85. The molecule has 0 fully saturated rings. The number of ether oxygens (including phenoxy) is 1. The highest BCUT2D eigenvalue weighted by Gasteiger charge is 2.30. The molecule has 0 atom stereocenters. The molecule has 1 aromatic heterocycles. The van der Waals surface area contributed by atoms with Crippen molar-refractivity contribution in [3.8, 4) is 0 Å². The molecule has 0 amide bonds. The average molecular weight is 454 g/mol. The van der Waals surface area contributed by atoms with Crippen LogP contribution in [-0.2, 0) is 32.6 Å². The minimum atomic E-state index is -3.65. The van der Waals surface area contributed by atoms with Crippen LogP contribution in [0.25, 0.3) is 6.08 Å². The lowest BCUT2D eigenvalue weighted by atomic mass is 10.2. The monoisotopic (exact) mass is 453 g/mol. The lowest BCUT2D eigenvalue weighted by Crippen LogP contribution is -2.29. The number of esters is 1. The van der Waals surface area contributed by atoms with E-state index in [0.29, 0.717) is 24.4 Å². The van der Waals surface area contributed by atoms with E-state index in [0.717, 1.165) is 11.3 Å². The Bertz CT molecular complexity index is 1250. The zero-order chi connectivity index (χ0) is 22.7. The van der Waals surface area contributed by atoms with Crippen LogP contribution in [0.5, 0.6) is 0 Å². The van der Waals surface area contributed by atoms with Gasteiger partial charge in [-0.1, -0.05) is 49.3 Å². The minimum absolute atomic E-state index is 0.114. The first kappa shape index (κ1) is 21.8. The van der Waals surface area contributed by atoms with Crippen molar-refractivity contribution in [2.75, 3.05) is 10.8 Å². The van der Waals surface area contributed by atoms with Gasteiger partial charge in [0.2, 0.25) is 0 Å². The first-order chi connectivity index (χ1) is 15.3. The fourth-order valence-electron chi connectivity index (χ4n) is 3.34. The molecule has 2 aromatic carbocycles. The molecule has 0 radical (unpaired) electrons. The van der Waals surface area contributed by atoms with Crippen molar-refractivity contribution in [1.29, 1.82) is 0 Å². The SMILES string of the molecule is CC(C)c1noc(COC(=O)/C=C/c2ccc(S(=O)(=O)N3CCc4ccccc43)cc2)n1. The number of rotatable bonds is 7. The number of hydrogen-bond donors (Lipinski definition) is 0. The number of para-hydroxylation sites is 1. The molecular weight excluding hydrogens is 430 g/mol. The highest BCUT2D eigenvalue weighted by atomic mass is 32.2. The third-order valence-corrected chi connectivity index (χ3v) is 6.89. The number of nitrogens with zero attached hydrogens (tertiary/aromatic N) is 3. The van der Waals surface area contributed by atoms with Crippen LogP contribution in [-0.4, -0.2) is 31.1 Å². The number of fused-ring (bicyclic) bond motifs is 1. The number of aromatic nitrogens is 2. The predicted octanol–water partition coefficient (Wildman–Crippen LogP) is 3.70. The highest BCUT2D eigenvalue weighted by molar-refractivity contribution is 7.92. The average Bonchev–Trinajstić information content (AvgIpc) is 3.44. The van der Waals surface area contributed by atoms with Gasteiger partial charge in [-0.15, -0.1) is 0 Å². The summed E-state index contributed by atoms with van der Waals surface area (Å²) in [6.07, 6.45) is 3.51. The Hall–Kier alpha value is -3.46. The molecule has 0 N–H and O–H groups in total. The van der Waals surface area contributed by atoms with E-state index in [1.807, 2.05) is 38.1 Å². The van der Waals surface area contributed by atoms with E-state index in [1.54, 1.807) is 18.2 Å². The van der Waals surface area contributed by atoms with Crippen molar-refractivity contribution < 1.29 is 22.5 Å². The zero-order valence-electron chi connectivity index (χ0n) is 17.8. The van der Waals surface area contributed by atoms with Gasteiger partial charge in [0.1, 0.15) is 0 Å². The van der Waals surface area contributed by atoms with Crippen molar-refractivity contribution in [1.82, 2.24) is 10.1 Å². The lowest BCUT2D eigenvalue weighted by molar-refractivity contribution is -0.139. The topological polar surface area (TPSA) is 103 Å². The van der Waals surface area contributed by atoms with Crippen LogP contribution in [0.3, 0.4) is 0 Å². The molecule has 1 aliphatic heterocycles. The van der Waals surface area contributed by atoms with E-state index < -0.39 is 16.0 Å². The van der Waals surface area contributed by atoms with E-state index in [2.05, 4.69) is 10.1 Å². The third-order valence-electron chi connectivity index (χ3n) is 5.06. The van der Waals surface area contributed by atoms with Gasteiger partial charge in [0.15, 0.2) is 12.4 Å². The smallest absolute Gasteiger partial charge is 0.331 e. The maximum Gasteiger partial charge on any atom is 0.331 e. The van der Waals surface area contributed by atoms with Gasteiger partial charge in [0.05, 0.1) is 10.6 Å². The Labute approximate surface area is 186 Å². The van der Waals surface area contributed by atoms with Crippen LogP contribution in [0.2, 0.25) is 0 Å². The van der Waals surface area contributed by atoms with Crippen molar-refractivity contribution in [3.63, 3.8) is 0 Å².